The second-order valence-electron chi connectivity index (χ2n) is 4.20. The van der Waals surface area contributed by atoms with Gasteiger partial charge >= 0.3 is 0 Å². The van der Waals surface area contributed by atoms with Gasteiger partial charge in [-0.3, -0.25) is 0 Å². The molecule has 0 saturated heterocycles. The molecule has 2 aromatic rings. The molecule has 1 heterocycles. The van der Waals surface area contributed by atoms with E-state index in [0.29, 0.717) is 19.8 Å². The summed E-state index contributed by atoms with van der Waals surface area (Å²) in [4.78, 5) is 0. The zero-order valence-electron chi connectivity index (χ0n) is 11.8. The molecule has 8 heteroatoms. The highest BCUT2D eigenvalue weighted by molar-refractivity contribution is 7.99. The summed E-state index contributed by atoms with van der Waals surface area (Å²) in [5.41, 5.74) is 0.816. The lowest BCUT2D eigenvalue weighted by Crippen LogP contribution is -2.04. The molecule has 0 bridgehead atoms. The fourth-order valence-corrected chi connectivity index (χ4v) is 2.40. The minimum atomic E-state index is 0.217. The quantitative estimate of drug-likeness (QED) is 0.555. The van der Waals surface area contributed by atoms with Gasteiger partial charge in [0.25, 0.3) is 0 Å². The molecular formula is C13H18N4O3S. The topological polar surface area (TPSA) is 82.3 Å². The second kappa shape index (κ2) is 8.60. The Kier molecular flexibility index (Phi) is 6.45. The number of rotatable bonds is 9. The van der Waals surface area contributed by atoms with Crippen molar-refractivity contribution in [3.05, 3.63) is 24.3 Å². The van der Waals surface area contributed by atoms with Gasteiger partial charge in [-0.05, 0) is 41.1 Å². The third kappa shape index (κ3) is 5.00. The number of aromatic hydroxyl groups is 1. The average molecular weight is 310 g/mol. The Morgan fingerprint density at radius 1 is 1.19 bits per heavy atom. The third-order valence-electron chi connectivity index (χ3n) is 2.63. The van der Waals surface area contributed by atoms with Gasteiger partial charge in [0.2, 0.25) is 5.16 Å². The van der Waals surface area contributed by atoms with Gasteiger partial charge < -0.3 is 14.6 Å². The summed E-state index contributed by atoms with van der Waals surface area (Å²) in [6.45, 7) is 1.93. The molecule has 2 rings (SSSR count). The first-order valence-corrected chi connectivity index (χ1v) is 7.57. The molecule has 0 atom stereocenters. The van der Waals surface area contributed by atoms with Gasteiger partial charge in [0, 0.05) is 19.5 Å². The summed E-state index contributed by atoms with van der Waals surface area (Å²) in [5, 5.41) is 21.7. The van der Waals surface area contributed by atoms with E-state index in [1.807, 2.05) is 0 Å². The zero-order valence-corrected chi connectivity index (χ0v) is 12.6. The van der Waals surface area contributed by atoms with E-state index < -0.39 is 0 Å². The van der Waals surface area contributed by atoms with E-state index in [1.54, 1.807) is 47.8 Å². The van der Waals surface area contributed by atoms with Crippen molar-refractivity contribution in [2.45, 2.75) is 11.6 Å². The maximum atomic E-state index is 9.30. The highest BCUT2D eigenvalue weighted by Gasteiger charge is 2.08. The van der Waals surface area contributed by atoms with Crippen molar-refractivity contribution in [2.24, 2.45) is 0 Å². The van der Waals surface area contributed by atoms with Gasteiger partial charge in [0.1, 0.15) is 5.75 Å². The Bertz CT molecular complexity index is 532. The van der Waals surface area contributed by atoms with Crippen LogP contribution in [0.4, 0.5) is 0 Å². The summed E-state index contributed by atoms with van der Waals surface area (Å²) >= 11 is 1.57. The summed E-state index contributed by atoms with van der Waals surface area (Å²) in [6, 6.07) is 6.75. The van der Waals surface area contributed by atoms with E-state index in [9.17, 15) is 5.11 Å². The van der Waals surface area contributed by atoms with Crippen LogP contribution in [0.3, 0.4) is 0 Å². The molecule has 0 unspecified atom stereocenters. The number of benzene rings is 1. The Hall–Kier alpha value is -1.64. The molecular weight excluding hydrogens is 292 g/mol. The maximum Gasteiger partial charge on any atom is 0.214 e. The molecule has 1 aromatic heterocycles. The van der Waals surface area contributed by atoms with Gasteiger partial charge in [-0.1, -0.05) is 11.8 Å². The molecule has 7 nitrogen and oxygen atoms in total. The molecule has 1 aromatic carbocycles. The maximum absolute atomic E-state index is 9.30. The predicted octanol–water partition coefficient (Wildman–Crippen LogP) is 1.51. The summed E-state index contributed by atoms with van der Waals surface area (Å²) in [6.07, 6.45) is 0.914. The van der Waals surface area contributed by atoms with Crippen LogP contribution < -0.4 is 0 Å². The molecule has 0 saturated carbocycles. The van der Waals surface area contributed by atoms with Crippen molar-refractivity contribution in [3.63, 3.8) is 0 Å². The van der Waals surface area contributed by atoms with Crippen LogP contribution in [0.5, 0.6) is 5.75 Å². The molecule has 114 valence electrons. The van der Waals surface area contributed by atoms with E-state index in [2.05, 4.69) is 15.5 Å². The van der Waals surface area contributed by atoms with Gasteiger partial charge in [0.05, 0.1) is 18.9 Å². The van der Waals surface area contributed by atoms with Crippen LogP contribution in [0.2, 0.25) is 0 Å². The number of methoxy groups -OCH3 is 1. The Balaban J connectivity index is 1.79. The fourth-order valence-electron chi connectivity index (χ4n) is 1.59. The number of ether oxygens (including phenoxy) is 2. The number of hydrogen-bond donors (Lipinski definition) is 1. The Morgan fingerprint density at radius 2 is 2.00 bits per heavy atom. The highest BCUT2D eigenvalue weighted by atomic mass is 32.2. The van der Waals surface area contributed by atoms with Gasteiger partial charge in [-0.25, -0.2) is 0 Å². The van der Waals surface area contributed by atoms with Crippen LogP contribution >= 0.6 is 11.8 Å². The van der Waals surface area contributed by atoms with Crippen LogP contribution in [-0.4, -0.2) is 58.0 Å². The van der Waals surface area contributed by atoms with Crippen LogP contribution in [0.1, 0.15) is 6.42 Å². The van der Waals surface area contributed by atoms with Crippen molar-refractivity contribution < 1.29 is 14.6 Å². The van der Waals surface area contributed by atoms with Crippen molar-refractivity contribution >= 4 is 11.8 Å². The van der Waals surface area contributed by atoms with E-state index >= 15 is 0 Å². The lowest BCUT2D eigenvalue weighted by molar-refractivity contribution is 0.0713. The second-order valence-corrected chi connectivity index (χ2v) is 5.26. The number of nitrogens with zero attached hydrogens (tertiary/aromatic N) is 4. The van der Waals surface area contributed by atoms with Gasteiger partial charge in [-0.15, -0.1) is 5.10 Å². The first kappa shape index (κ1) is 15.7. The monoisotopic (exact) mass is 310 g/mol. The first-order chi connectivity index (χ1) is 10.3. The summed E-state index contributed by atoms with van der Waals surface area (Å²) in [5.74, 6) is 1.08. The van der Waals surface area contributed by atoms with Crippen LogP contribution in [-0.2, 0) is 9.47 Å². The SMILES string of the molecule is COCCOCCCSc1nnnn1-c1ccc(O)cc1. The summed E-state index contributed by atoms with van der Waals surface area (Å²) < 4.78 is 11.9. The van der Waals surface area contributed by atoms with E-state index in [-0.39, 0.29) is 5.75 Å². The molecule has 0 fully saturated rings. The third-order valence-corrected chi connectivity index (χ3v) is 3.64. The molecule has 0 aliphatic rings. The van der Waals surface area contributed by atoms with E-state index in [4.69, 9.17) is 9.47 Å². The van der Waals surface area contributed by atoms with Crippen molar-refractivity contribution in [3.8, 4) is 11.4 Å². The van der Waals surface area contributed by atoms with Crippen LogP contribution in [0.25, 0.3) is 5.69 Å². The number of tetrazole rings is 1. The molecule has 0 aliphatic heterocycles. The molecule has 1 N–H and O–H groups in total. The Morgan fingerprint density at radius 3 is 2.76 bits per heavy atom. The standard InChI is InChI=1S/C13H18N4O3S/c1-19-8-9-20-7-2-10-21-13-14-15-16-17(13)11-3-5-12(18)6-4-11/h3-6,18H,2,7-10H2,1H3. The van der Waals surface area contributed by atoms with Crippen molar-refractivity contribution in [1.29, 1.82) is 0 Å². The first-order valence-electron chi connectivity index (χ1n) is 6.58. The number of hydrogen-bond acceptors (Lipinski definition) is 7. The lowest BCUT2D eigenvalue weighted by Gasteiger charge is -2.05. The van der Waals surface area contributed by atoms with Gasteiger partial charge in [-0.2, -0.15) is 4.68 Å². The van der Waals surface area contributed by atoms with Crippen molar-refractivity contribution in [2.75, 3.05) is 32.7 Å². The minimum Gasteiger partial charge on any atom is -0.508 e. The number of thioether (sulfide) groups is 1. The smallest absolute Gasteiger partial charge is 0.214 e. The highest BCUT2D eigenvalue weighted by Crippen LogP contribution is 2.20. The largest absolute Gasteiger partial charge is 0.508 e. The number of phenolic OH excluding ortho intramolecular Hbond substituents is 1. The van der Waals surface area contributed by atoms with E-state index in [0.717, 1.165) is 23.0 Å². The zero-order chi connectivity index (χ0) is 14.9. The van der Waals surface area contributed by atoms with Gasteiger partial charge in [0.15, 0.2) is 0 Å². The number of phenols is 1. The predicted molar refractivity (Wildman–Crippen MR) is 78.9 cm³/mol. The van der Waals surface area contributed by atoms with Crippen LogP contribution in [0.15, 0.2) is 29.4 Å². The van der Waals surface area contributed by atoms with Crippen LogP contribution in [0, 0.1) is 0 Å². The number of aromatic nitrogens is 4. The summed E-state index contributed by atoms with van der Waals surface area (Å²) in [7, 11) is 1.66. The lowest BCUT2D eigenvalue weighted by atomic mass is 10.3. The molecule has 0 amide bonds. The molecule has 21 heavy (non-hydrogen) atoms. The Labute approximate surface area is 127 Å². The van der Waals surface area contributed by atoms with Crippen molar-refractivity contribution in [1.82, 2.24) is 20.2 Å². The molecule has 0 radical (unpaired) electrons. The minimum absolute atomic E-state index is 0.217. The molecule has 0 spiro atoms. The normalized spacial score (nSPS) is 10.9. The fraction of sp³-hybridized carbons (Fsp3) is 0.462. The molecule has 0 aliphatic carbocycles. The van der Waals surface area contributed by atoms with E-state index in [1.165, 1.54) is 0 Å². The average Bonchev–Trinajstić information content (AvgIpc) is 2.95.